The van der Waals surface area contributed by atoms with E-state index < -0.39 is 0 Å². The van der Waals surface area contributed by atoms with E-state index in [4.69, 9.17) is 4.74 Å². The molecule has 1 N–H and O–H groups in total. The van der Waals surface area contributed by atoms with E-state index in [0.717, 1.165) is 10.2 Å². The summed E-state index contributed by atoms with van der Waals surface area (Å²) in [5.74, 6) is 0. The average Bonchev–Trinajstić information content (AvgIpc) is 2.04. The van der Waals surface area contributed by atoms with Gasteiger partial charge in [-0.3, -0.25) is 0 Å². The zero-order chi connectivity index (χ0) is 9.68. The number of methoxy groups -OCH3 is 1. The van der Waals surface area contributed by atoms with E-state index in [9.17, 15) is 0 Å². The van der Waals surface area contributed by atoms with E-state index in [-0.39, 0.29) is 0 Å². The van der Waals surface area contributed by atoms with Crippen LogP contribution in [0.25, 0.3) is 0 Å². The number of ether oxygens (including phenoxy) is 1. The highest BCUT2D eigenvalue weighted by Crippen LogP contribution is 2.16. The second kappa shape index (κ2) is 5.25. The number of rotatable bonds is 4. The zero-order valence-electron chi connectivity index (χ0n) is 7.88. The molecule has 0 saturated heterocycles. The minimum Gasteiger partial charge on any atom is -0.383 e. The first-order valence-corrected chi connectivity index (χ1v) is 5.02. The lowest BCUT2D eigenvalue weighted by molar-refractivity contribution is 0.190. The third-order valence-electron chi connectivity index (χ3n) is 1.65. The third-order valence-corrected chi connectivity index (χ3v) is 2.15. The Morgan fingerprint density at radius 3 is 2.92 bits per heavy atom. The lowest BCUT2D eigenvalue weighted by Gasteiger charge is -2.13. The molecule has 1 aromatic rings. The molecule has 0 fully saturated rings. The minimum absolute atomic E-state index is 0.333. The molecule has 0 heterocycles. The van der Waals surface area contributed by atoms with Crippen molar-refractivity contribution in [3.63, 3.8) is 0 Å². The van der Waals surface area contributed by atoms with E-state index in [0.29, 0.717) is 12.6 Å². The predicted octanol–water partition coefficient (Wildman–Crippen LogP) is 2.90. The Kier molecular flexibility index (Phi) is 4.25. The van der Waals surface area contributed by atoms with Gasteiger partial charge in [-0.15, -0.1) is 0 Å². The van der Waals surface area contributed by atoms with E-state index >= 15 is 0 Å². The summed E-state index contributed by atoms with van der Waals surface area (Å²) < 4.78 is 6.12. The van der Waals surface area contributed by atoms with Crippen molar-refractivity contribution in [2.45, 2.75) is 13.0 Å². The average molecular weight is 244 g/mol. The SMILES string of the molecule is COC[C@@H](C)Nc1cccc(Br)c1. The van der Waals surface area contributed by atoms with Crippen molar-refractivity contribution >= 4 is 21.6 Å². The van der Waals surface area contributed by atoms with Gasteiger partial charge in [0.1, 0.15) is 0 Å². The molecule has 0 bridgehead atoms. The van der Waals surface area contributed by atoms with Crippen LogP contribution in [0.5, 0.6) is 0 Å². The molecule has 3 heteroatoms. The van der Waals surface area contributed by atoms with Gasteiger partial charge in [0, 0.05) is 23.3 Å². The number of halogens is 1. The van der Waals surface area contributed by atoms with Crippen molar-refractivity contribution in [1.82, 2.24) is 0 Å². The molecule has 13 heavy (non-hydrogen) atoms. The number of benzene rings is 1. The van der Waals surface area contributed by atoms with Crippen LogP contribution >= 0.6 is 15.9 Å². The van der Waals surface area contributed by atoms with Crippen LogP contribution in [-0.2, 0) is 4.74 Å². The van der Waals surface area contributed by atoms with Crippen LogP contribution < -0.4 is 5.32 Å². The molecule has 72 valence electrons. The molecule has 1 aromatic carbocycles. The van der Waals surface area contributed by atoms with Gasteiger partial charge in [-0.1, -0.05) is 22.0 Å². The van der Waals surface area contributed by atoms with Gasteiger partial charge in [0.2, 0.25) is 0 Å². The topological polar surface area (TPSA) is 21.3 Å². The van der Waals surface area contributed by atoms with Gasteiger partial charge >= 0.3 is 0 Å². The molecule has 0 radical (unpaired) electrons. The summed E-state index contributed by atoms with van der Waals surface area (Å²) in [4.78, 5) is 0. The van der Waals surface area contributed by atoms with E-state index in [1.165, 1.54) is 0 Å². The molecule has 1 atom stereocenters. The summed E-state index contributed by atoms with van der Waals surface area (Å²) in [7, 11) is 1.71. The Morgan fingerprint density at radius 1 is 1.54 bits per heavy atom. The summed E-state index contributed by atoms with van der Waals surface area (Å²) in [5, 5.41) is 3.33. The Labute approximate surface area is 87.4 Å². The second-order valence-corrected chi connectivity index (χ2v) is 3.93. The fourth-order valence-electron chi connectivity index (χ4n) is 1.15. The van der Waals surface area contributed by atoms with Crippen LogP contribution in [0.3, 0.4) is 0 Å². The molecule has 2 nitrogen and oxygen atoms in total. The maximum absolute atomic E-state index is 5.03. The molecule has 0 aliphatic carbocycles. The summed E-state index contributed by atoms with van der Waals surface area (Å²) in [6.45, 7) is 2.80. The Morgan fingerprint density at radius 2 is 2.31 bits per heavy atom. The van der Waals surface area contributed by atoms with Gasteiger partial charge in [0.25, 0.3) is 0 Å². The molecule has 1 rings (SSSR count). The summed E-state index contributed by atoms with van der Waals surface area (Å²) in [6.07, 6.45) is 0. The summed E-state index contributed by atoms with van der Waals surface area (Å²) in [5.41, 5.74) is 1.11. The van der Waals surface area contributed by atoms with Crippen LogP contribution in [0.2, 0.25) is 0 Å². The molecule has 0 amide bonds. The highest BCUT2D eigenvalue weighted by Gasteiger charge is 2.00. The van der Waals surface area contributed by atoms with Gasteiger partial charge in [0.15, 0.2) is 0 Å². The highest BCUT2D eigenvalue weighted by atomic mass is 79.9. The largest absolute Gasteiger partial charge is 0.383 e. The Bertz CT molecular complexity index is 265. The molecular formula is C10H14BrNO. The number of hydrogen-bond donors (Lipinski definition) is 1. The van der Waals surface area contributed by atoms with Crippen LogP contribution in [0, 0.1) is 0 Å². The number of anilines is 1. The van der Waals surface area contributed by atoms with Crippen molar-refractivity contribution < 1.29 is 4.74 Å². The smallest absolute Gasteiger partial charge is 0.0661 e. The first kappa shape index (κ1) is 10.5. The van der Waals surface area contributed by atoms with Gasteiger partial charge in [0.05, 0.1) is 6.61 Å². The van der Waals surface area contributed by atoms with Gasteiger partial charge in [-0.2, -0.15) is 0 Å². The lowest BCUT2D eigenvalue weighted by Crippen LogP contribution is -2.20. The fourth-order valence-corrected chi connectivity index (χ4v) is 1.55. The molecule has 0 aliphatic heterocycles. The Hall–Kier alpha value is -0.540. The molecule has 0 saturated carbocycles. The van der Waals surface area contributed by atoms with Crippen molar-refractivity contribution in [1.29, 1.82) is 0 Å². The monoisotopic (exact) mass is 243 g/mol. The van der Waals surface area contributed by atoms with E-state index in [1.54, 1.807) is 7.11 Å². The van der Waals surface area contributed by atoms with Crippen molar-refractivity contribution in [3.05, 3.63) is 28.7 Å². The van der Waals surface area contributed by atoms with Crippen molar-refractivity contribution in [2.24, 2.45) is 0 Å². The van der Waals surface area contributed by atoms with E-state index in [2.05, 4.69) is 28.2 Å². The number of nitrogens with one attached hydrogen (secondary N) is 1. The van der Waals surface area contributed by atoms with Crippen molar-refractivity contribution in [2.75, 3.05) is 19.0 Å². The molecule has 0 spiro atoms. The Balaban J connectivity index is 2.53. The molecule has 0 unspecified atom stereocenters. The first-order valence-electron chi connectivity index (χ1n) is 4.23. The summed E-state index contributed by atoms with van der Waals surface area (Å²) >= 11 is 3.42. The third kappa shape index (κ3) is 3.79. The van der Waals surface area contributed by atoms with E-state index in [1.807, 2.05) is 24.3 Å². The van der Waals surface area contributed by atoms with Gasteiger partial charge in [-0.25, -0.2) is 0 Å². The quantitative estimate of drug-likeness (QED) is 0.879. The standard InChI is InChI=1S/C10H14BrNO/c1-8(7-13-2)12-10-5-3-4-9(11)6-10/h3-6,8,12H,7H2,1-2H3/t8-/m1/s1. The maximum Gasteiger partial charge on any atom is 0.0661 e. The minimum atomic E-state index is 0.333. The molecule has 0 aliphatic rings. The van der Waals surface area contributed by atoms with Crippen molar-refractivity contribution in [3.8, 4) is 0 Å². The zero-order valence-corrected chi connectivity index (χ0v) is 9.47. The summed E-state index contributed by atoms with van der Waals surface area (Å²) in [6, 6.07) is 8.43. The fraction of sp³-hybridized carbons (Fsp3) is 0.400. The van der Waals surface area contributed by atoms with Crippen LogP contribution in [0.1, 0.15) is 6.92 Å². The second-order valence-electron chi connectivity index (χ2n) is 3.01. The van der Waals surface area contributed by atoms with Crippen LogP contribution in [0.15, 0.2) is 28.7 Å². The number of hydrogen-bond acceptors (Lipinski definition) is 2. The predicted molar refractivity (Wildman–Crippen MR) is 59.1 cm³/mol. The molecule has 0 aromatic heterocycles. The van der Waals surface area contributed by atoms with Crippen LogP contribution in [-0.4, -0.2) is 19.8 Å². The van der Waals surface area contributed by atoms with Gasteiger partial charge in [-0.05, 0) is 25.1 Å². The van der Waals surface area contributed by atoms with Gasteiger partial charge < -0.3 is 10.1 Å². The molecular weight excluding hydrogens is 230 g/mol. The lowest BCUT2D eigenvalue weighted by atomic mass is 10.3. The normalized spacial score (nSPS) is 12.5. The highest BCUT2D eigenvalue weighted by molar-refractivity contribution is 9.10. The maximum atomic E-state index is 5.03. The van der Waals surface area contributed by atoms with Crippen LogP contribution in [0.4, 0.5) is 5.69 Å². The first-order chi connectivity index (χ1) is 6.22.